The molecule has 1 aliphatic heterocycles. The average Bonchev–Trinajstić information content (AvgIpc) is 2.82. The van der Waals surface area contributed by atoms with Crippen molar-refractivity contribution in [1.29, 1.82) is 0 Å². The minimum Gasteiger partial charge on any atom is -0.493 e. The molecule has 0 fully saturated rings. The first kappa shape index (κ1) is 23.6. The number of ketones is 1. The number of ether oxygens (including phenoxy) is 3. The molecule has 6 nitrogen and oxygen atoms in total. The molecule has 0 aromatic heterocycles. The molecule has 4 rings (SSSR count). The van der Waals surface area contributed by atoms with Crippen LogP contribution in [0, 0.1) is 0 Å². The lowest BCUT2D eigenvalue weighted by atomic mass is 9.75. The van der Waals surface area contributed by atoms with Crippen molar-refractivity contribution < 1.29 is 23.8 Å². The van der Waals surface area contributed by atoms with Crippen LogP contribution >= 0.6 is 0 Å². The van der Waals surface area contributed by atoms with E-state index in [2.05, 4.69) is 5.32 Å². The maximum absolute atomic E-state index is 13.2. The topological polar surface area (TPSA) is 73.9 Å². The molecule has 0 spiro atoms. The fraction of sp³-hybridized carbons (Fsp3) is 0.357. The molecular weight excluding hydrogens is 430 g/mol. The van der Waals surface area contributed by atoms with Crippen molar-refractivity contribution in [2.45, 2.75) is 58.7 Å². The third-order valence-corrected chi connectivity index (χ3v) is 6.10. The van der Waals surface area contributed by atoms with Gasteiger partial charge in [-0.25, -0.2) is 4.79 Å². The molecule has 6 heteroatoms. The number of allylic oxidation sites excluding steroid dienone is 3. The molecule has 2 aliphatic rings. The Labute approximate surface area is 200 Å². The van der Waals surface area contributed by atoms with E-state index in [1.165, 1.54) is 0 Å². The van der Waals surface area contributed by atoms with E-state index in [0.717, 1.165) is 29.7 Å². The fourth-order valence-electron chi connectivity index (χ4n) is 4.58. The SMILES string of the molecule is COc1cc(C2C(C(=O)OC(C)C)=C(C)NC3=C2C(=O)CCC3)ccc1OCc1ccccc1. The van der Waals surface area contributed by atoms with Crippen LogP contribution in [0.15, 0.2) is 71.1 Å². The number of Topliss-reactive ketones (excluding diaryl/α,β-unsaturated/α-hetero) is 1. The third kappa shape index (κ3) is 4.86. The second-order valence-corrected chi connectivity index (χ2v) is 8.90. The molecule has 0 saturated carbocycles. The van der Waals surface area contributed by atoms with Gasteiger partial charge >= 0.3 is 5.97 Å². The standard InChI is InChI=1S/C28H31NO5/c1-17(2)34-28(31)25-18(3)29-21-11-8-12-22(30)27(21)26(25)20-13-14-23(24(15-20)32-4)33-16-19-9-6-5-7-10-19/h5-7,9-10,13-15,17,26,29H,8,11-12,16H2,1-4H3. The normalized spacial score (nSPS) is 17.9. The molecule has 1 atom stereocenters. The van der Waals surface area contributed by atoms with Crippen molar-refractivity contribution in [2.24, 2.45) is 0 Å². The van der Waals surface area contributed by atoms with Gasteiger partial charge in [0.15, 0.2) is 17.3 Å². The highest BCUT2D eigenvalue weighted by atomic mass is 16.5. The second-order valence-electron chi connectivity index (χ2n) is 8.90. The van der Waals surface area contributed by atoms with Crippen LogP contribution in [0.1, 0.15) is 57.1 Å². The summed E-state index contributed by atoms with van der Waals surface area (Å²) in [5, 5.41) is 3.31. The Morgan fingerprint density at radius 3 is 2.56 bits per heavy atom. The predicted molar refractivity (Wildman–Crippen MR) is 129 cm³/mol. The first-order valence-electron chi connectivity index (χ1n) is 11.7. The zero-order chi connectivity index (χ0) is 24.2. The number of dihydropyridines is 1. The number of rotatable bonds is 7. The molecule has 1 N–H and O–H groups in total. The van der Waals surface area contributed by atoms with Crippen LogP contribution in [-0.2, 0) is 20.9 Å². The third-order valence-electron chi connectivity index (χ3n) is 6.10. The van der Waals surface area contributed by atoms with Crippen LogP contribution in [0.3, 0.4) is 0 Å². The summed E-state index contributed by atoms with van der Waals surface area (Å²) in [4.78, 5) is 26.2. The van der Waals surface area contributed by atoms with Crippen molar-refractivity contribution >= 4 is 11.8 Å². The number of benzene rings is 2. The molecule has 1 unspecified atom stereocenters. The van der Waals surface area contributed by atoms with Gasteiger partial charge < -0.3 is 19.5 Å². The van der Waals surface area contributed by atoms with Crippen molar-refractivity contribution in [1.82, 2.24) is 5.32 Å². The highest BCUT2D eigenvalue weighted by Crippen LogP contribution is 2.44. The number of methoxy groups -OCH3 is 1. The first-order valence-corrected chi connectivity index (χ1v) is 11.7. The van der Waals surface area contributed by atoms with Gasteiger partial charge in [-0.3, -0.25) is 4.79 Å². The Morgan fingerprint density at radius 2 is 1.85 bits per heavy atom. The number of nitrogens with one attached hydrogen (secondary N) is 1. The van der Waals surface area contributed by atoms with E-state index in [9.17, 15) is 9.59 Å². The Balaban J connectivity index is 1.73. The van der Waals surface area contributed by atoms with Crippen molar-refractivity contribution in [3.63, 3.8) is 0 Å². The maximum atomic E-state index is 13.2. The van der Waals surface area contributed by atoms with Gasteiger partial charge in [0.2, 0.25) is 0 Å². The van der Waals surface area contributed by atoms with Gasteiger partial charge in [0.25, 0.3) is 0 Å². The summed E-state index contributed by atoms with van der Waals surface area (Å²) >= 11 is 0. The Hall–Kier alpha value is -3.54. The highest BCUT2D eigenvalue weighted by Gasteiger charge is 2.39. The van der Waals surface area contributed by atoms with Gasteiger partial charge in [-0.1, -0.05) is 36.4 Å². The van der Waals surface area contributed by atoms with Gasteiger partial charge in [-0.2, -0.15) is 0 Å². The Bertz CT molecular complexity index is 1150. The Morgan fingerprint density at radius 1 is 1.09 bits per heavy atom. The zero-order valence-corrected chi connectivity index (χ0v) is 20.1. The number of esters is 1. The predicted octanol–water partition coefficient (Wildman–Crippen LogP) is 5.19. The minimum absolute atomic E-state index is 0.0597. The first-order chi connectivity index (χ1) is 16.4. The largest absolute Gasteiger partial charge is 0.493 e. The second kappa shape index (κ2) is 10.2. The summed E-state index contributed by atoms with van der Waals surface area (Å²) in [5.74, 6) is 0.266. The van der Waals surface area contributed by atoms with Gasteiger partial charge in [-0.05, 0) is 56.9 Å². The van der Waals surface area contributed by atoms with Crippen LogP contribution in [0.2, 0.25) is 0 Å². The summed E-state index contributed by atoms with van der Waals surface area (Å²) in [6.07, 6.45) is 1.77. The summed E-state index contributed by atoms with van der Waals surface area (Å²) < 4.78 is 17.2. The minimum atomic E-state index is -0.521. The van der Waals surface area contributed by atoms with Gasteiger partial charge in [0.05, 0.1) is 18.8 Å². The molecule has 1 heterocycles. The summed E-state index contributed by atoms with van der Waals surface area (Å²) in [5.41, 5.74) is 4.56. The molecular formula is C28H31NO5. The smallest absolute Gasteiger partial charge is 0.337 e. The summed E-state index contributed by atoms with van der Waals surface area (Å²) in [6.45, 7) is 5.90. The fourth-order valence-corrected chi connectivity index (χ4v) is 4.58. The van der Waals surface area contributed by atoms with Crippen LogP contribution in [0.25, 0.3) is 0 Å². The average molecular weight is 462 g/mol. The van der Waals surface area contributed by atoms with E-state index in [4.69, 9.17) is 14.2 Å². The molecule has 0 bridgehead atoms. The van der Waals surface area contributed by atoms with E-state index in [1.54, 1.807) is 7.11 Å². The maximum Gasteiger partial charge on any atom is 0.337 e. The lowest BCUT2D eigenvalue weighted by Gasteiger charge is -2.34. The number of carbonyl (C=O) groups is 2. The van der Waals surface area contributed by atoms with E-state index in [0.29, 0.717) is 41.4 Å². The van der Waals surface area contributed by atoms with Crippen molar-refractivity contribution in [2.75, 3.05) is 7.11 Å². The monoisotopic (exact) mass is 461 g/mol. The quantitative estimate of drug-likeness (QED) is 0.572. The Kier molecular flexibility index (Phi) is 7.06. The summed E-state index contributed by atoms with van der Waals surface area (Å²) in [6, 6.07) is 15.5. The molecule has 178 valence electrons. The lowest BCUT2D eigenvalue weighted by Crippen LogP contribution is -2.35. The van der Waals surface area contributed by atoms with Gasteiger partial charge in [-0.15, -0.1) is 0 Å². The molecule has 1 aliphatic carbocycles. The lowest BCUT2D eigenvalue weighted by molar-refractivity contribution is -0.143. The molecule has 0 saturated heterocycles. The molecule has 0 radical (unpaired) electrons. The van der Waals surface area contributed by atoms with Crippen LogP contribution in [-0.4, -0.2) is 25.0 Å². The van der Waals surface area contributed by atoms with Gasteiger partial charge in [0.1, 0.15) is 6.61 Å². The number of hydrogen-bond acceptors (Lipinski definition) is 6. The van der Waals surface area contributed by atoms with Crippen LogP contribution in [0.4, 0.5) is 0 Å². The summed E-state index contributed by atoms with van der Waals surface area (Å²) in [7, 11) is 1.59. The highest BCUT2D eigenvalue weighted by molar-refractivity contribution is 6.03. The molecule has 0 amide bonds. The van der Waals surface area contributed by atoms with E-state index in [-0.39, 0.29) is 11.9 Å². The number of carbonyl (C=O) groups excluding carboxylic acids is 2. The van der Waals surface area contributed by atoms with E-state index < -0.39 is 11.9 Å². The van der Waals surface area contributed by atoms with Crippen LogP contribution in [0.5, 0.6) is 11.5 Å². The van der Waals surface area contributed by atoms with Crippen molar-refractivity contribution in [3.8, 4) is 11.5 Å². The van der Waals surface area contributed by atoms with E-state index in [1.807, 2.05) is 69.3 Å². The zero-order valence-electron chi connectivity index (χ0n) is 20.1. The van der Waals surface area contributed by atoms with Crippen LogP contribution < -0.4 is 14.8 Å². The molecule has 2 aromatic rings. The van der Waals surface area contributed by atoms with E-state index >= 15 is 0 Å². The van der Waals surface area contributed by atoms with Gasteiger partial charge in [0, 0.05) is 29.3 Å². The molecule has 2 aromatic carbocycles. The molecule has 34 heavy (non-hydrogen) atoms. The number of hydrogen-bond donors (Lipinski definition) is 1. The van der Waals surface area contributed by atoms with Crippen molar-refractivity contribution in [3.05, 3.63) is 82.2 Å².